The van der Waals surface area contributed by atoms with Crippen molar-refractivity contribution in [2.24, 2.45) is 11.8 Å². The van der Waals surface area contributed by atoms with Crippen LogP contribution in [0.3, 0.4) is 0 Å². The largest absolute Gasteiger partial charge is 0.481 e. The lowest BCUT2D eigenvalue weighted by atomic mass is 9.92. The van der Waals surface area contributed by atoms with Crippen molar-refractivity contribution in [3.63, 3.8) is 0 Å². The quantitative estimate of drug-likeness (QED) is 0.746. The number of hydrogen-bond acceptors (Lipinski definition) is 2. The van der Waals surface area contributed by atoms with Crippen LogP contribution in [0.15, 0.2) is 0 Å². The van der Waals surface area contributed by atoms with Crippen LogP contribution in [0.5, 0.6) is 0 Å². The lowest BCUT2D eigenvalue weighted by Gasteiger charge is -2.43. The van der Waals surface area contributed by atoms with E-state index in [1.807, 2.05) is 0 Å². The zero-order valence-electron chi connectivity index (χ0n) is 8.78. The molecule has 1 saturated carbocycles. The summed E-state index contributed by atoms with van der Waals surface area (Å²) in [5.41, 5.74) is 0. The fourth-order valence-corrected chi connectivity index (χ4v) is 2.98. The summed E-state index contributed by atoms with van der Waals surface area (Å²) in [6.07, 6.45) is 3.91. The molecule has 1 heterocycles. The van der Waals surface area contributed by atoms with Crippen LogP contribution in [-0.4, -0.2) is 35.1 Å². The van der Waals surface area contributed by atoms with Gasteiger partial charge in [0.15, 0.2) is 0 Å². The molecule has 0 aromatic rings. The first kappa shape index (κ1) is 9.97. The lowest BCUT2D eigenvalue weighted by Crippen LogP contribution is -2.52. The number of carboxylic acid groups (broad SMARTS) is 1. The number of rotatable bonds is 3. The highest BCUT2D eigenvalue weighted by atomic mass is 16.4. The van der Waals surface area contributed by atoms with Crippen molar-refractivity contribution >= 4 is 5.97 Å². The maximum atomic E-state index is 10.7. The van der Waals surface area contributed by atoms with E-state index in [2.05, 4.69) is 11.8 Å². The van der Waals surface area contributed by atoms with Gasteiger partial charge in [-0.05, 0) is 24.7 Å². The first-order chi connectivity index (χ1) is 6.66. The van der Waals surface area contributed by atoms with Gasteiger partial charge in [0.1, 0.15) is 0 Å². The predicted molar refractivity (Wildman–Crippen MR) is 54.1 cm³/mol. The van der Waals surface area contributed by atoms with Crippen molar-refractivity contribution in [1.29, 1.82) is 0 Å². The van der Waals surface area contributed by atoms with Crippen molar-refractivity contribution in [2.45, 2.75) is 38.6 Å². The van der Waals surface area contributed by atoms with Crippen LogP contribution in [0.2, 0.25) is 0 Å². The third-order valence-corrected chi connectivity index (χ3v) is 3.62. The van der Waals surface area contributed by atoms with E-state index in [0.717, 1.165) is 12.3 Å². The molecule has 0 radical (unpaired) electrons. The standard InChI is InChI=1S/C11H19NO2/c1-8-6-12(7-8)10-4-2-3-9(10)5-11(13)14/h8-10H,2-7H2,1H3,(H,13,14). The molecule has 0 aromatic heterocycles. The zero-order chi connectivity index (χ0) is 10.1. The van der Waals surface area contributed by atoms with E-state index in [-0.39, 0.29) is 0 Å². The van der Waals surface area contributed by atoms with Crippen LogP contribution in [0.25, 0.3) is 0 Å². The second-order valence-corrected chi connectivity index (χ2v) is 4.92. The van der Waals surface area contributed by atoms with Gasteiger partial charge in [0.25, 0.3) is 0 Å². The molecule has 80 valence electrons. The Kier molecular flexibility index (Phi) is 2.77. The summed E-state index contributed by atoms with van der Waals surface area (Å²) in [4.78, 5) is 13.2. The first-order valence-corrected chi connectivity index (χ1v) is 5.62. The molecule has 3 nitrogen and oxygen atoms in total. The van der Waals surface area contributed by atoms with Crippen molar-refractivity contribution in [3.8, 4) is 0 Å². The molecule has 1 saturated heterocycles. The normalized spacial score (nSPS) is 34.4. The topological polar surface area (TPSA) is 40.5 Å². The van der Waals surface area contributed by atoms with Gasteiger partial charge in [0, 0.05) is 25.6 Å². The zero-order valence-corrected chi connectivity index (χ0v) is 8.78. The van der Waals surface area contributed by atoms with Gasteiger partial charge in [0.2, 0.25) is 0 Å². The van der Waals surface area contributed by atoms with E-state index in [0.29, 0.717) is 18.4 Å². The highest BCUT2D eigenvalue weighted by Gasteiger charge is 2.37. The molecule has 2 aliphatic rings. The Morgan fingerprint density at radius 1 is 1.43 bits per heavy atom. The molecule has 3 heteroatoms. The summed E-state index contributed by atoms with van der Waals surface area (Å²) in [5.74, 6) is 0.608. The molecule has 0 amide bonds. The van der Waals surface area contributed by atoms with Gasteiger partial charge in [0.05, 0.1) is 0 Å². The van der Waals surface area contributed by atoms with Crippen LogP contribution in [0, 0.1) is 11.8 Å². The first-order valence-electron chi connectivity index (χ1n) is 5.62. The monoisotopic (exact) mass is 197 g/mol. The highest BCUT2D eigenvalue weighted by Crippen LogP contribution is 2.35. The number of nitrogens with zero attached hydrogens (tertiary/aromatic N) is 1. The Hall–Kier alpha value is -0.570. The van der Waals surface area contributed by atoms with E-state index in [1.165, 1.54) is 25.9 Å². The van der Waals surface area contributed by atoms with Crippen molar-refractivity contribution in [3.05, 3.63) is 0 Å². The summed E-state index contributed by atoms with van der Waals surface area (Å²) in [6.45, 7) is 4.62. The van der Waals surface area contributed by atoms with Gasteiger partial charge in [-0.1, -0.05) is 13.3 Å². The Bertz CT molecular complexity index is 223. The SMILES string of the molecule is CC1CN(C2CCCC2CC(=O)O)C1. The second kappa shape index (κ2) is 3.89. The fourth-order valence-electron chi connectivity index (χ4n) is 2.98. The van der Waals surface area contributed by atoms with Gasteiger partial charge in [-0.3, -0.25) is 9.69 Å². The maximum Gasteiger partial charge on any atom is 0.303 e. The summed E-state index contributed by atoms with van der Waals surface area (Å²) in [7, 11) is 0. The molecule has 2 fully saturated rings. The molecular weight excluding hydrogens is 178 g/mol. The highest BCUT2D eigenvalue weighted by molar-refractivity contribution is 5.67. The molecule has 14 heavy (non-hydrogen) atoms. The Morgan fingerprint density at radius 3 is 2.71 bits per heavy atom. The number of carboxylic acids is 1. The second-order valence-electron chi connectivity index (χ2n) is 4.92. The minimum atomic E-state index is -0.629. The third-order valence-electron chi connectivity index (χ3n) is 3.62. The van der Waals surface area contributed by atoms with E-state index in [4.69, 9.17) is 5.11 Å². The molecule has 1 aliphatic heterocycles. The van der Waals surface area contributed by atoms with Crippen LogP contribution < -0.4 is 0 Å². The molecule has 2 unspecified atom stereocenters. The lowest BCUT2D eigenvalue weighted by molar-refractivity contribution is -0.138. The molecule has 1 N–H and O–H groups in total. The molecule has 2 rings (SSSR count). The van der Waals surface area contributed by atoms with Crippen LogP contribution in [-0.2, 0) is 4.79 Å². The van der Waals surface area contributed by atoms with Crippen molar-refractivity contribution in [2.75, 3.05) is 13.1 Å². The minimum absolute atomic E-state index is 0.371. The maximum absolute atomic E-state index is 10.7. The van der Waals surface area contributed by atoms with Crippen LogP contribution in [0.4, 0.5) is 0 Å². The smallest absolute Gasteiger partial charge is 0.303 e. The average Bonchev–Trinajstić information content (AvgIpc) is 2.45. The van der Waals surface area contributed by atoms with Gasteiger partial charge in [-0.2, -0.15) is 0 Å². The summed E-state index contributed by atoms with van der Waals surface area (Å²) < 4.78 is 0. The molecule has 0 spiro atoms. The summed E-state index contributed by atoms with van der Waals surface area (Å²) in [6, 6.07) is 0.572. The number of likely N-dealkylation sites (tertiary alicyclic amines) is 1. The van der Waals surface area contributed by atoms with Gasteiger partial charge >= 0.3 is 5.97 Å². The van der Waals surface area contributed by atoms with Crippen molar-refractivity contribution in [1.82, 2.24) is 4.90 Å². The summed E-state index contributed by atoms with van der Waals surface area (Å²) >= 11 is 0. The Labute approximate surface area is 85.1 Å². The fraction of sp³-hybridized carbons (Fsp3) is 0.909. The van der Waals surface area contributed by atoms with Crippen LogP contribution in [0.1, 0.15) is 32.6 Å². The number of aliphatic carboxylic acids is 1. The van der Waals surface area contributed by atoms with Gasteiger partial charge in [-0.15, -0.1) is 0 Å². The van der Waals surface area contributed by atoms with E-state index >= 15 is 0 Å². The van der Waals surface area contributed by atoms with Gasteiger partial charge in [-0.25, -0.2) is 0 Å². The molecule has 1 aliphatic carbocycles. The average molecular weight is 197 g/mol. The van der Waals surface area contributed by atoms with E-state index in [1.54, 1.807) is 0 Å². The number of carbonyl (C=O) groups is 1. The molecule has 0 aromatic carbocycles. The van der Waals surface area contributed by atoms with Crippen LogP contribution >= 0.6 is 0 Å². The van der Waals surface area contributed by atoms with E-state index in [9.17, 15) is 4.79 Å². The Balaban J connectivity index is 1.87. The molecular formula is C11H19NO2. The Morgan fingerprint density at radius 2 is 2.14 bits per heavy atom. The number of hydrogen-bond donors (Lipinski definition) is 1. The molecule has 2 atom stereocenters. The third kappa shape index (κ3) is 1.92. The van der Waals surface area contributed by atoms with E-state index < -0.39 is 5.97 Å². The minimum Gasteiger partial charge on any atom is -0.481 e. The predicted octanol–water partition coefficient (Wildman–Crippen LogP) is 1.58. The van der Waals surface area contributed by atoms with Gasteiger partial charge < -0.3 is 5.11 Å². The van der Waals surface area contributed by atoms with Crippen molar-refractivity contribution < 1.29 is 9.90 Å². The summed E-state index contributed by atoms with van der Waals surface area (Å²) in [5, 5.41) is 8.80. The molecule has 0 bridgehead atoms.